The van der Waals surface area contributed by atoms with Crippen molar-refractivity contribution in [3.8, 4) is 0 Å². The lowest BCUT2D eigenvalue weighted by Crippen LogP contribution is -2.21. The maximum Gasteiger partial charge on any atom is 0.430 e. The Labute approximate surface area is 154 Å². The van der Waals surface area contributed by atoms with E-state index in [0.29, 0.717) is 6.08 Å². The van der Waals surface area contributed by atoms with Crippen LogP contribution in [0.2, 0.25) is 5.02 Å². The van der Waals surface area contributed by atoms with Gasteiger partial charge in [-0.1, -0.05) is 11.6 Å². The molecule has 0 unspecified atom stereocenters. The van der Waals surface area contributed by atoms with E-state index >= 15 is 0 Å². The van der Waals surface area contributed by atoms with Crippen LogP contribution in [-0.2, 0) is 12.6 Å². The Balaban J connectivity index is 2.38. The molecule has 0 spiro atoms. The van der Waals surface area contributed by atoms with Gasteiger partial charge in [0.25, 0.3) is 0 Å². The lowest BCUT2D eigenvalue weighted by atomic mass is 10.1. The van der Waals surface area contributed by atoms with Crippen molar-refractivity contribution in [2.75, 3.05) is 0 Å². The first-order valence-electron chi connectivity index (χ1n) is 7.21. The molecule has 11 heteroatoms. The molecule has 27 heavy (non-hydrogen) atoms. The van der Waals surface area contributed by atoms with Gasteiger partial charge >= 0.3 is 12.4 Å². The molecule has 144 valence electrons. The highest BCUT2D eigenvalue weighted by molar-refractivity contribution is 6.30. The Kier molecular flexibility index (Phi) is 6.09. The smallest absolute Gasteiger partial charge is 0.395 e. The third-order valence-electron chi connectivity index (χ3n) is 3.13. The molecule has 1 heterocycles. The summed E-state index contributed by atoms with van der Waals surface area (Å²) in [5.41, 5.74) is 2.51. The fourth-order valence-electron chi connectivity index (χ4n) is 1.87. The van der Waals surface area contributed by atoms with Crippen LogP contribution in [0.1, 0.15) is 11.4 Å². The van der Waals surface area contributed by atoms with Crippen LogP contribution in [0.5, 0.6) is 0 Å². The molecule has 4 nitrogen and oxygen atoms in total. The van der Waals surface area contributed by atoms with E-state index in [2.05, 4.69) is 15.0 Å². The number of aliphatic imine (C=N–C) groups is 1. The van der Waals surface area contributed by atoms with Gasteiger partial charge in [-0.25, -0.2) is 9.97 Å². The van der Waals surface area contributed by atoms with E-state index in [4.69, 9.17) is 17.3 Å². The minimum Gasteiger partial charge on any atom is -0.395 e. The van der Waals surface area contributed by atoms with Crippen molar-refractivity contribution < 1.29 is 26.3 Å². The van der Waals surface area contributed by atoms with Gasteiger partial charge in [0.05, 0.1) is 28.4 Å². The molecule has 0 aliphatic carbocycles. The van der Waals surface area contributed by atoms with Gasteiger partial charge < -0.3 is 5.73 Å². The molecule has 0 radical (unpaired) electrons. The van der Waals surface area contributed by atoms with E-state index < -0.39 is 23.6 Å². The van der Waals surface area contributed by atoms with Crippen LogP contribution in [0.4, 0.5) is 32.0 Å². The fraction of sp³-hybridized carbons (Fsp3) is 0.188. The van der Waals surface area contributed by atoms with Crippen LogP contribution in [0, 0.1) is 0 Å². The van der Waals surface area contributed by atoms with Crippen molar-refractivity contribution in [2.24, 2.45) is 10.7 Å². The van der Waals surface area contributed by atoms with Crippen LogP contribution in [0.15, 0.2) is 53.4 Å². The standard InChI is InChI=1S/C16H11ClF6N4/c17-10-7-25-14(26-8-10)6-12(5-13(24)16(21,22)23)27-11-3-1-9(2-4-11)15(18,19)20/h1-5,7-8H,6,24H2/b13-5-,27-12?. The third-order valence-corrected chi connectivity index (χ3v) is 3.32. The van der Waals surface area contributed by atoms with Crippen molar-refractivity contribution in [3.05, 3.63) is 64.8 Å². The van der Waals surface area contributed by atoms with Crippen molar-refractivity contribution in [1.29, 1.82) is 0 Å². The van der Waals surface area contributed by atoms with Gasteiger partial charge in [-0.3, -0.25) is 4.99 Å². The van der Waals surface area contributed by atoms with Crippen LogP contribution < -0.4 is 5.73 Å². The number of nitrogens with two attached hydrogens (primary N) is 1. The number of benzene rings is 1. The Morgan fingerprint density at radius 2 is 1.59 bits per heavy atom. The molecule has 0 atom stereocenters. The summed E-state index contributed by atoms with van der Waals surface area (Å²) in [4.78, 5) is 11.6. The Bertz CT molecular complexity index is 839. The molecule has 2 rings (SSSR count). The minimum absolute atomic E-state index is 0.0122. The van der Waals surface area contributed by atoms with Crippen molar-refractivity contribution in [2.45, 2.75) is 18.8 Å². The molecule has 0 saturated heterocycles. The first kappa shape index (κ1) is 20.7. The van der Waals surface area contributed by atoms with Crippen LogP contribution in [0.25, 0.3) is 0 Å². The van der Waals surface area contributed by atoms with E-state index in [1.165, 1.54) is 12.4 Å². The number of allylic oxidation sites excluding steroid dienone is 2. The van der Waals surface area contributed by atoms with E-state index in [0.717, 1.165) is 24.3 Å². The third kappa shape index (κ3) is 6.24. The van der Waals surface area contributed by atoms with Crippen molar-refractivity contribution >= 4 is 23.0 Å². The molecule has 2 N–H and O–H groups in total. The number of halogens is 7. The maximum atomic E-state index is 12.7. The van der Waals surface area contributed by atoms with Crippen LogP contribution in [-0.4, -0.2) is 21.9 Å². The summed E-state index contributed by atoms with van der Waals surface area (Å²) in [6.45, 7) is 0. The van der Waals surface area contributed by atoms with Gasteiger partial charge in [-0.15, -0.1) is 0 Å². The number of aromatic nitrogens is 2. The molecule has 0 fully saturated rings. The average Bonchev–Trinajstić information content (AvgIpc) is 2.55. The van der Waals surface area contributed by atoms with Gasteiger partial charge in [0.1, 0.15) is 11.5 Å². The van der Waals surface area contributed by atoms with E-state index in [1.54, 1.807) is 0 Å². The second-order valence-electron chi connectivity index (χ2n) is 5.24. The number of alkyl halides is 6. The number of rotatable bonds is 4. The largest absolute Gasteiger partial charge is 0.430 e. The monoisotopic (exact) mass is 408 g/mol. The molecule has 1 aromatic carbocycles. The molecule has 1 aromatic heterocycles. The zero-order valence-corrected chi connectivity index (χ0v) is 14.1. The number of hydrogen-bond donors (Lipinski definition) is 1. The summed E-state index contributed by atoms with van der Waals surface area (Å²) in [5, 5.41) is 0.227. The first-order valence-corrected chi connectivity index (χ1v) is 7.58. The van der Waals surface area contributed by atoms with Crippen LogP contribution >= 0.6 is 11.6 Å². The highest BCUT2D eigenvalue weighted by atomic mass is 35.5. The highest BCUT2D eigenvalue weighted by Crippen LogP contribution is 2.30. The lowest BCUT2D eigenvalue weighted by molar-refractivity contribution is -0.137. The molecule has 0 bridgehead atoms. The lowest BCUT2D eigenvalue weighted by Gasteiger charge is -2.09. The summed E-state index contributed by atoms with van der Waals surface area (Å²) < 4.78 is 75.9. The summed E-state index contributed by atoms with van der Waals surface area (Å²) in [5.74, 6) is 0.108. The topological polar surface area (TPSA) is 64.2 Å². The van der Waals surface area contributed by atoms with E-state index in [1.807, 2.05) is 0 Å². The van der Waals surface area contributed by atoms with E-state index in [-0.39, 0.29) is 28.7 Å². The minimum atomic E-state index is -4.79. The Morgan fingerprint density at radius 3 is 2.07 bits per heavy atom. The zero-order chi connectivity index (χ0) is 20.2. The first-order chi connectivity index (χ1) is 12.4. The Morgan fingerprint density at radius 1 is 1.04 bits per heavy atom. The number of hydrogen-bond acceptors (Lipinski definition) is 4. The molecule has 0 aliphatic heterocycles. The second kappa shape index (κ2) is 7.95. The number of nitrogens with zero attached hydrogens (tertiary/aromatic N) is 3. The van der Waals surface area contributed by atoms with Crippen molar-refractivity contribution in [3.63, 3.8) is 0 Å². The van der Waals surface area contributed by atoms with Gasteiger partial charge in [-0.2, -0.15) is 26.3 Å². The molecular formula is C16H11ClF6N4. The summed E-state index contributed by atoms with van der Waals surface area (Å²) in [6.07, 6.45) is -6.50. The molecular weight excluding hydrogens is 398 g/mol. The van der Waals surface area contributed by atoms with E-state index in [9.17, 15) is 26.3 Å². The Hall–Kier alpha value is -2.62. The fourth-order valence-corrected chi connectivity index (χ4v) is 1.96. The predicted octanol–water partition coefficient (Wildman–Crippen LogP) is 4.87. The summed E-state index contributed by atoms with van der Waals surface area (Å²) in [6, 6.07) is 3.60. The van der Waals surface area contributed by atoms with Crippen LogP contribution in [0.3, 0.4) is 0 Å². The second-order valence-corrected chi connectivity index (χ2v) is 5.68. The molecule has 0 saturated carbocycles. The normalized spacial score (nSPS) is 13.7. The average molecular weight is 409 g/mol. The van der Waals surface area contributed by atoms with Gasteiger partial charge in [0.2, 0.25) is 0 Å². The SMILES string of the molecule is N/C(=C\C(Cc1ncc(Cl)cn1)=Nc1ccc(C(F)(F)F)cc1)C(F)(F)F. The van der Waals surface area contributed by atoms with Gasteiger partial charge in [0, 0.05) is 12.4 Å². The molecule has 0 amide bonds. The zero-order valence-electron chi connectivity index (χ0n) is 13.3. The summed E-state index contributed by atoms with van der Waals surface area (Å²) >= 11 is 5.65. The van der Waals surface area contributed by atoms with Crippen molar-refractivity contribution in [1.82, 2.24) is 9.97 Å². The highest BCUT2D eigenvalue weighted by Gasteiger charge is 2.32. The van der Waals surface area contributed by atoms with Gasteiger partial charge in [-0.05, 0) is 30.3 Å². The summed E-state index contributed by atoms with van der Waals surface area (Å²) in [7, 11) is 0. The predicted molar refractivity (Wildman–Crippen MR) is 87.6 cm³/mol. The molecule has 2 aromatic rings. The quantitative estimate of drug-likeness (QED) is 0.580. The maximum absolute atomic E-state index is 12.7. The van der Waals surface area contributed by atoms with Gasteiger partial charge in [0.15, 0.2) is 0 Å². The molecule has 0 aliphatic rings.